The molecule has 0 heterocycles. The quantitative estimate of drug-likeness (QED) is 0.176. The lowest BCUT2D eigenvalue weighted by Gasteiger charge is -2.29. The molecule has 0 aliphatic heterocycles. The lowest BCUT2D eigenvalue weighted by Crippen LogP contribution is -2.13. The average Bonchev–Trinajstić information content (AvgIpc) is 2.96. The number of hydrogen-bond acceptors (Lipinski definition) is 0. The van der Waals surface area contributed by atoms with E-state index in [1.165, 1.54) is 115 Å². The summed E-state index contributed by atoms with van der Waals surface area (Å²) >= 11 is 0. The third-order valence-electron chi connectivity index (χ3n) is 8.32. The summed E-state index contributed by atoms with van der Waals surface area (Å²) in [5, 5.41) is 0. The first-order valence-electron chi connectivity index (χ1n) is 16.0. The fourth-order valence-corrected chi connectivity index (χ4v) is 5.78. The van der Waals surface area contributed by atoms with Crippen LogP contribution >= 0.6 is 0 Å². The largest absolute Gasteiger partial charge is 0.0979 e. The monoisotopic (exact) mass is 508 g/mol. The Balaban J connectivity index is 1.36. The van der Waals surface area contributed by atoms with Gasteiger partial charge >= 0.3 is 0 Å². The summed E-state index contributed by atoms with van der Waals surface area (Å²) in [6.45, 7) is 4.57. The molecule has 3 rings (SSSR count). The molecule has 0 N–H and O–H groups in total. The topological polar surface area (TPSA) is 0 Å². The Kier molecular flexibility index (Phi) is 14.9. The van der Waals surface area contributed by atoms with Gasteiger partial charge in [-0.05, 0) is 85.9 Å². The highest BCUT2D eigenvalue weighted by Crippen LogP contribution is 2.37. The van der Waals surface area contributed by atoms with E-state index in [1.807, 2.05) is 0 Å². The van der Waals surface area contributed by atoms with E-state index in [4.69, 9.17) is 0 Å². The SMILES string of the molecule is CCCCCCCCC#Cc1ccc(C#Cc2ccc(C3CCC(CCCCCCCC)CC3)cc2)cc1. The van der Waals surface area contributed by atoms with Gasteiger partial charge in [0.2, 0.25) is 0 Å². The minimum Gasteiger partial charge on any atom is -0.0979 e. The third-order valence-corrected chi connectivity index (χ3v) is 8.32. The van der Waals surface area contributed by atoms with Crippen LogP contribution in [0.25, 0.3) is 0 Å². The van der Waals surface area contributed by atoms with Crippen LogP contribution in [-0.4, -0.2) is 0 Å². The van der Waals surface area contributed by atoms with E-state index < -0.39 is 0 Å². The van der Waals surface area contributed by atoms with Gasteiger partial charge < -0.3 is 0 Å². The lowest BCUT2D eigenvalue weighted by molar-refractivity contribution is 0.302. The molecule has 0 atom stereocenters. The van der Waals surface area contributed by atoms with Gasteiger partial charge in [-0.15, -0.1) is 0 Å². The third kappa shape index (κ3) is 12.0. The van der Waals surface area contributed by atoms with E-state index in [1.54, 1.807) is 0 Å². The van der Waals surface area contributed by atoms with E-state index in [-0.39, 0.29) is 0 Å². The first kappa shape index (κ1) is 30.1. The molecule has 1 saturated carbocycles. The molecule has 204 valence electrons. The summed E-state index contributed by atoms with van der Waals surface area (Å²) < 4.78 is 0. The summed E-state index contributed by atoms with van der Waals surface area (Å²) in [6, 6.07) is 17.5. The van der Waals surface area contributed by atoms with Crippen molar-refractivity contribution in [2.45, 2.75) is 135 Å². The van der Waals surface area contributed by atoms with Crippen LogP contribution in [0.2, 0.25) is 0 Å². The van der Waals surface area contributed by atoms with Crippen LogP contribution in [-0.2, 0) is 0 Å². The highest BCUT2D eigenvalue weighted by Gasteiger charge is 2.21. The summed E-state index contributed by atoms with van der Waals surface area (Å²) in [4.78, 5) is 0. The van der Waals surface area contributed by atoms with Gasteiger partial charge in [-0.2, -0.15) is 0 Å². The zero-order valence-corrected chi connectivity index (χ0v) is 24.5. The molecule has 0 radical (unpaired) electrons. The molecule has 0 unspecified atom stereocenters. The molecule has 0 saturated heterocycles. The van der Waals surface area contributed by atoms with Crippen LogP contribution in [0.1, 0.15) is 158 Å². The number of unbranched alkanes of at least 4 members (excludes halogenated alkanes) is 11. The van der Waals surface area contributed by atoms with Crippen LogP contribution in [0.5, 0.6) is 0 Å². The second kappa shape index (κ2) is 18.8. The molecule has 2 aromatic rings. The van der Waals surface area contributed by atoms with E-state index in [9.17, 15) is 0 Å². The highest BCUT2D eigenvalue weighted by atomic mass is 14.3. The maximum atomic E-state index is 3.35. The van der Waals surface area contributed by atoms with Gasteiger partial charge in [0.25, 0.3) is 0 Å². The van der Waals surface area contributed by atoms with Crippen LogP contribution in [0, 0.1) is 29.6 Å². The van der Waals surface area contributed by atoms with Crippen molar-refractivity contribution in [3.63, 3.8) is 0 Å². The Morgan fingerprint density at radius 1 is 0.526 bits per heavy atom. The molecular weight excluding hydrogens is 456 g/mol. The second-order valence-electron chi connectivity index (χ2n) is 11.5. The molecule has 0 heteroatoms. The molecule has 0 amide bonds. The number of rotatable bonds is 14. The summed E-state index contributed by atoms with van der Waals surface area (Å²) in [5.41, 5.74) is 4.76. The predicted molar refractivity (Wildman–Crippen MR) is 166 cm³/mol. The van der Waals surface area contributed by atoms with Crippen molar-refractivity contribution in [3.8, 4) is 23.7 Å². The minimum absolute atomic E-state index is 0.743. The van der Waals surface area contributed by atoms with Crippen molar-refractivity contribution in [1.29, 1.82) is 0 Å². The van der Waals surface area contributed by atoms with Gasteiger partial charge in [-0.3, -0.25) is 0 Å². The lowest BCUT2D eigenvalue weighted by atomic mass is 9.77. The van der Waals surface area contributed by atoms with Crippen LogP contribution in [0.15, 0.2) is 48.5 Å². The first-order valence-corrected chi connectivity index (χ1v) is 16.0. The molecule has 0 spiro atoms. The molecule has 1 fully saturated rings. The Bertz CT molecular complexity index is 994. The number of benzene rings is 2. The second-order valence-corrected chi connectivity index (χ2v) is 11.5. The van der Waals surface area contributed by atoms with Gasteiger partial charge in [-0.1, -0.05) is 127 Å². The Morgan fingerprint density at radius 3 is 1.58 bits per heavy atom. The van der Waals surface area contributed by atoms with Crippen molar-refractivity contribution >= 4 is 0 Å². The van der Waals surface area contributed by atoms with Gasteiger partial charge in [0.15, 0.2) is 0 Å². The smallest absolute Gasteiger partial charge is 0.0249 e. The van der Waals surface area contributed by atoms with Gasteiger partial charge in [-0.25, -0.2) is 0 Å². The molecule has 0 bridgehead atoms. The van der Waals surface area contributed by atoms with Crippen molar-refractivity contribution in [3.05, 3.63) is 70.8 Å². The van der Waals surface area contributed by atoms with E-state index in [2.05, 4.69) is 86.1 Å². The molecule has 0 aromatic heterocycles. The minimum atomic E-state index is 0.743. The van der Waals surface area contributed by atoms with Crippen molar-refractivity contribution < 1.29 is 0 Å². The fraction of sp³-hybridized carbons (Fsp3) is 0.579. The van der Waals surface area contributed by atoms with Crippen molar-refractivity contribution in [2.75, 3.05) is 0 Å². The van der Waals surface area contributed by atoms with Gasteiger partial charge in [0, 0.05) is 23.1 Å². The Hall–Kier alpha value is -2.44. The molecule has 2 aromatic carbocycles. The molecule has 1 aliphatic carbocycles. The standard InChI is InChI=1S/C38H52/c1-3-5-7-9-11-12-14-16-17-33-19-21-35(22-20-33)23-24-36-27-31-38(32-28-36)37-29-25-34(26-30-37)18-15-13-10-8-6-4-2/h19-22,27-28,31-32,34,37H,3-15,18,25-26,29-30H2,1-2H3. The maximum Gasteiger partial charge on any atom is 0.0249 e. The zero-order valence-electron chi connectivity index (χ0n) is 24.5. The highest BCUT2D eigenvalue weighted by molar-refractivity contribution is 5.46. The van der Waals surface area contributed by atoms with E-state index in [0.717, 1.165) is 34.9 Å². The van der Waals surface area contributed by atoms with Crippen molar-refractivity contribution in [2.24, 2.45) is 5.92 Å². The normalized spacial score (nSPS) is 16.8. The van der Waals surface area contributed by atoms with Crippen LogP contribution in [0.3, 0.4) is 0 Å². The fourth-order valence-electron chi connectivity index (χ4n) is 5.78. The van der Waals surface area contributed by atoms with Crippen LogP contribution in [0.4, 0.5) is 0 Å². The zero-order chi connectivity index (χ0) is 26.7. The van der Waals surface area contributed by atoms with Gasteiger partial charge in [0.05, 0.1) is 0 Å². The first-order chi connectivity index (χ1) is 18.8. The summed E-state index contributed by atoms with van der Waals surface area (Å²) in [6.07, 6.45) is 24.5. The Morgan fingerprint density at radius 2 is 1.00 bits per heavy atom. The molecular formula is C38H52. The van der Waals surface area contributed by atoms with Gasteiger partial charge in [0.1, 0.15) is 0 Å². The van der Waals surface area contributed by atoms with Crippen LogP contribution < -0.4 is 0 Å². The molecule has 38 heavy (non-hydrogen) atoms. The van der Waals surface area contributed by atoms with Crippen molar-refractivity contribution in [1.82, 2.24) is 0 Å². The summed E-state index contributed by atoms with van der Waals surface area (Å²) in [7, 11) is 0. The molecule has 0 nitrogen and oxygen atoms in total. The maximum absolute atomic E-state index is 3.35. The predicted octanol–water partition coefficient (Wildman–Crippen LogP) is 11.2. The Labute approximate surface area is 235 Å². The summed E-state index contributed by atoms with van der Waals surface area (Å²) in [5.74, 6) is 15.0. The number of hydrogen-bond donors (Lipinski definition) is 0. The van der Waals surface area contributed by atoms with E-state index >= 15 is 0 Å². The average molecular weight is 509 g/mol. The molecule has 1 aliphatic rings. The van der Waals surface area contributed by atoms with E-state index in [0.29, 0.717) is 0 Å².